The zero-order valence-electron chi connectivity index (χ0n) is 7.40. The largest absolute Gasteiger partial charge is 0.293 e. The molecule has 0 bridgehead atoms. The summed E-state index contributed by atoms with van der Waals surface area (Å²) >= 11 is 0. The molecule has 0 aromatic heterocycles. The highest BCUT2D eigenvalue weighted by Crippen LogP contribution is 2.09. The van der Waals surface area contributed by atoms with E-state index in [0.717, 1.165) is 0 Å². The van der Waals surface area contributed by atoms with E-state index in [1.54, 1.807) is 30.3 Å². The van der Waals surface area contributed by atoms with Crippen LogP contribution in [0.15, 0.2) is 30.3 Å². The van der Waals surface area contributed by atoms with Crippen LogP contribution in [-0.4, -0.2) is 18.4 Å². The molecule has 0 saturated heterocycles. The van der Waals surface area contributed by atoms with Gasteiger partial charge in [0.05, 0.1) is 5.92 Å². The standard InChI is InChI=1S/C11H8O3/c12-7-6-10(8-13)11(14)9-4-2-1-3-5-9/h1-5,10H,6H2. The first-order valence-corrected chi connectivity index (χ1v) is 4.11. The van der Waals surface area contributed by atoms with Crippen molar-refractivity contribution < 1.29 is 14.4 Å². The summed E-state index contributed by atoms with van der Waals surface area (Å²) in [6.45, 7) is 0. The quantitative estimate of drug-likeness (QED) is 0.513. The Morgan fingerprint density at radius 3 is 2.36 bits per heavy atom. The first-order chi connectivity index (χ1) is 6.79. The Morgan fingerprint density at radius 2 is 1.86 bits per heavy atom. The molecule has 0 fully saturated rings. The zero-order chi connectivity index (χ0) is 10.4. The molecule has 70 valence electrons. The smallest absolute Gasteiger partial charge is 0.210 e. The maximum Gasteiger partial charge on any atom is 0.210 e. The second-order valence-electron chi connectivity index (χ2n) is 2.75. The first kappa shape index (κ1) is 10.3. The Labute approximate surface area is 81.7 Å². The Kier molecular flexibility index (Phi) is 3.73. The number of benzene rings is 1. The molecule has 0 heterocycles. The summed E-state index contributed by atoms with van der Waals surface area (Å²) in [6, 6.07) is 8.34. The first-order valence-electron chi connectivity index (χ1n) is 4.11. The van der Waals surface area contributed by atoms with Crippen LogP contribution in [0.25, 0.3) is 0 Å². The number of hydrogen-bond acceptors (Lipinski definition) is 3. The highest BCUT2D eigenvalue weighted by atomic mass is 16.1. The normalized spacial score (nSPS) is 11.7. The van der Waals surface area contributed by atoms with Gasteiger partial charge in [-0.05, 0) is 0 Å². The van der Waals surface area contributed by atoms with Crippen LogP contribution in [0.1, 0.15) is 16.8 Å². The van der Waals surface area contributed by atoms with Gasteiger partial charge >= 0.3 is 0 Å². The second kappa shape index (κ2) is 5.07. The van der Waals surface area contributed by atoms with Gasteiger partial charge in [0.2, 0.25) is 6.29 Å². The van der Waals surface area contributed by atoms with Gasteiger partial charge in [-0.3, -0.25) is 14.4 Å². The van der Waals surface area contributed by atoms with Crippen molar-refractivity contribution in [2.24, 2.45) is 5.92 Å². The van der Waals surface area contributed by atoms with Gasteiger partial charge < -0.3 is 0 Å². The van der Waals surface area contributed by atoms with E-state index in [2.05, 4.69) is 0 Å². The lowest BCUT2D eigenvalue weighted by molar-refractivity contribution is 0.0955. The summed E-state index contributed by atoms with van der Waals surface area (Å²) in [5.41, 5.74) is 0.413. The van der Waals surface area contributed by atoms with E-state index >= 15 is 0 Å². The van der Waals surface area contributed by atoms with Crippen molar-refractivity contribution >= 4 is 18.4 Å². The van der Waals surface area contributed by atoms with Gasteiger partial charge in [-0.25, -0.2) is 0 Å². The van der Waals surface area contributed by atoms with E-state index < -0.39 is 5.92 Å². The molecule has 1 rings (SSSR count). The van der Waals surface area contributed by atoms with Crippen LogP contribution in [0.3, 0.4) is 0 Å². The molecule has 2 radical (unpaired) electrons. The van der Waals surface area contributed by atoms with Gasteiger partial charge in [0, 0.05) is 12.0 Å². The minimum absolute atomic E-state index is 0.225. The summed E-state index contributed by atoms with van der Waals surface area (Å²) in [6.07, 6.45) is 2.85. The average Bonchev–Trinajstić information content (AvgIpc) is 2.26. The van der Waals surface area contributed by atoms with Gasteiger partial charge in [0.15, 0.2) is 12.1 Å². The van der Waals surface area contributed by atoms with Crippen LogP contribution < -0.4 is 0 Å². The van der Waals surface area contributed by atoms with Crippen molar-refractivity contribution in [1.82, 2.24) is 0 Å². The molecule has 1 aromatic carbocycles. The maximum atomic E-state index is 11.5. The SMILES string of the molecule is O=[C]CC([C]=O)C(=O)c1ccccc1. The number of carbonyl (C=O) groups is 1. The Hall–Kier alpha value is -1.77. The highest BCUT2D eigenvalue weighted by molar-refractivity contribution is 6.06. The fourth-order valence-electron chi connectivity index (χ4n) is 1.07. The lowest BCUT2D eigenvalue weighted by atomic mass is 9.97. The molecule has 3 heteroatoms. The molecule has 0 aliphatic rings. The van der Waals surface area contributed by atoms with Crippen LogP contribution >= 0.6 is 0 Å². The Morgan fingerprint density at radius 1 is 1.21 bits per heavy atom. The molecular formula is C11H8O3. The van der Waals surface area contributed by atoms with E-state index in [9.17, 15) is 14.4 Å². The number of ketones is 1. The second-order valence-corrected chi connectivity index (χ2v) is 2.75. The van der Waals surface area contributed by atoms with Gasteiger partial charge in [0.25, 0.3) is 0 Å². The molecule has 1 unspecified atom stereocenters. The van der Waals surface area contributed by atoms with E-state index in [1.165, 1.54) is 12.6 Å². The van der Waals surface area contributed by atoms with Crippen molar-refractivity contribution in [2.45, 2.75) is 6.42 Å². The number of rotatable bonds is 5. The van der Waals surface area contributed by atoms with Crippen molar-refractivity contribution in [2.75, 3.05) is 0 Å². The molecule has 3 nitrogen and oxygen atoms in total. The topological polar surface area (TPSA) is 51.2 Å². The van der Waals surface area contributed by atoms with Gasteiger partial charge in [0.1, 0.15) is 0 Å². The summed E-state index contributed by atoms with van der Waals surface area (Å²) < 4.78 is 0. The van der Waals surface area contributed by atoms with Crippen molar-refractivity contribution in [1.29, 1.82) is 0 Å². The van der Waals surface area contributed by atoms with Crippen molar-refractivity contribution in [3.8, 4) is 0 Å². The van der Waals surface area contributed by atoms with Crippen LogP contribution in [0, 0.1) is 5.92 Å². The number of carbonyl (C=O) groups excluding carboxylic acids is 3. The summed E-state index contributed by atoms with van der Waals surface area (Å²) in [4.78, 5) is 32.0. The lowest BCUT2D eigenvalue weighted by Gasteiger charge is -2.03. The predicted molar refractivity (Wildman–Crippen MR) is 50.3 cm³/mol. The highest BCUT2D eigenvalue weighted by Gasteiger charge is 2.19. The van der Waals surface area contributed by atoms with Gasteiger partial charge in [-0.2, -0.15) is 0 Å². The fourth-order valence-corrected chi connectivity index (χ4v) is 1.07. The van der Waals surface area contributed by atoms with E-state index in [4.69, 9.17) is 0 Å². The fraction of sp³-hybridized carbons (Fsp3) is 0.182. The van der Waals surface area contributed by atoms with Gasteiger partial charge in [-0.1, -0.05) is 30.3 Å². The van der Waals surface area contributed by atoms with E-state index in [0.29, 0.717) is 5.56 Å². The molecule has 1 atom stereocenters. The van der Waals surface area contributed by atoms with Crippen LogP contribution in [0.2, 0.25) is 0 Å². The molecule has 1 aromatic rings. The third-order valence-corrected chi connectivity index (χ3v) is 1.80. The van der Waals surface area contributed by atoms with Crippen LogP contribution in [0.4, 0.5) is 0 Å². The van der Waals surface area contributed by atoms with E-state index in [1.807, 2.05) is 0 Å². The van der Waals surface area contributed by atoms with Crippen molar-refractivity contribution in [3.63, 3.8) is 0 Å². The summed E-state index contributed by atoms with van der Waals surface area (Å²) in [7, 11) is 0. The monoisotopic (exact) mass is 188 g/mol. The third kappa shape index (κ3) is 2.36. The summed E-state index contributed by atoms with van der Waals surface area (Å²) in [5, 5.41) is 0. The minimum Gasteiger partial charge on any atom is -0.293 e. The zero-order valence-corrected chi connectivity index (χ0v) is 7.40. The molecule has 0 N–H and O–H groups in total. The molecule has 0 aliphatic heterocycles. The maximum absolute atomic E-state index is 11.5. The molecule has 0 saturated carbocycles. The van der Waals surface area contributed by atoms with E-state index in [-0.39, 0.29) is 12.2 Å². The average molecular weight is 188 g/mol. The van der Waals surface area contributed by atoms with Gasteiger partial charge in [-0.15, -0.1) is 0 Å². The number of hydrogen-bond donors (Lipinski definition) is 0. The van der Waals surface area contributed by atoms with Crippen molar-refractivity contribution in [3.05, 3.63) is 35.9 Å². The molecular weight excluding hydrogens is 180 g/mol. The lowest BCUT2D eigenvalue weighted by Crippen LogP contribution is -2.16. The molecule has 14 heavy (non-hydrogen) atoms. The molecule has 0 aliphatic carbocycles. The van der Waals surface area contributed by atoms with Crippen LogP contribution in [-0.2, 0) is 9.59 Å². The minimum atomic E-state index is -1.02. The molecule has 0 amide bonds. The third-order valence-electron chi connectivity index (χ3n) is 1.80. The predicted octanol–water partition coefficient (Wildman–Crippen LogP) is 1.09. The number of Topliss-reactive ketones (excluding diaryl/α,β-unsaturated/α-hetero) is 1. The Bertz CT molecular complexity index is 330. The Balaban J connectivity index is 2.83. The molecule has 0 spiro atoms. The summed E-state index contributed by atoms with van der Waals surface area (Å²) in [5.74, 6) is -1.40. The van der Waals surface area contributed by atoms with Crippen LogP contribution in [0.5, 0.6) is 0 Å².